The third-order valence-electron chi connectivity index (χ3n) is 2.89. The van der Waals surface area contributed by atoms with E-state index in [1.54, 1.807) is 0 Å². The van der Waals surface area contributed by atoms with E-state index in [1.165, 1.54) is 13.0 Å². The predicted octanol–water partition coefficient (Wildman–Crippen LogP) is 0.619. The molecule has 3 atom stereocenters. The van der Waals surface area contributed by atoms with Gasteiger partial charge in [0.25, 0.3) is 0 Å². The van der Waals surface area contributed by atoms with E-state index in [9.17, 15) is 0 Å². The second kappa shape index (κ2) is 2.96. The second-order valence-electron chi connectivity index (χ2n) is 3.60. The number of nitrogens with zero attached hydrogens (tertiary/aromatic N) is 1. The van der Waals surface area contributed by atoms with Gasteiger partial charge in [0.1, 0.15) is 0 Å². The normalized spacial score (nSPS) is 42.5. The molecule has 0 bridgehead atoms. The maximum Gasteiger partial charge on any atom is 0.0589 e. The Bertz CT molecular complexity index is 153. The molecule has 2 fully saturated rings. The molecule has 0 aromatic carbocycles. The largest absolute Gasteiger partial charge is 0.395 e. The van der Waals surface area contributed by atoms with Crippen molar-refractivity contribution in [1.29, 1.82) is 0 Å². The third kappa shape index (κ3) is 1.30. The van der Waals surface area contributed by atoms with Crippen molar-refractivity contribution in [1.82, 2.24) is 4.90 Å². The minimum Gasteiger partial charge on any atom is -0.395 e. The van der Waals surface area contributed by atoms with E-state index >= 15 is 0 Å². The molecule has 1 heterocycles. The van der Waals surface area contributed by atoms with Gasteiger partial charge in [-0.3, -0.25) is 4.90 Å². The summed E-state index contributed by atoms with van der Waals surface area (Å²) in [6, 6.07) is 0.493. The number of aliphatic hydroxyl groups excluding tert-OH is 1. The zero-order valence-corrected chi connectivity index (χ0v) is 7.68. The molecule has 11 heavy (non-hydrogen) atoms. The molecule has 0 spiro atoms. The number of likely N-dealkylation sites (tertiary alicyclic amines) is 1. The van der Waals surface area contributed by atoms with Crippen LogP contribution in [0.25, 0.3) is 0 Å². The fraction of sp³-hybridized carbons (Fsp3) is 1.00. The van der Waals surface area contributed by atoms with Crippen LogP contribution in [0.2, 0.25) is 0 Å². The highest BCUT2D eigenvalue weighted by atomic mass is 32.2. The molecular formula is C8H15NOS. The molecule has 3 heteroatoms. The van der Waals surface area contributed by atoms with Crippen LogP contribution in [-0.4, -0.2) is 41.3 Å². The first-order valence-electron chi connectivity index (χ1n) is 4.20. The summed E-state index contributed by atoms with van der Waals surface area (Å²) in [5, 5.41) is 9.11. The zero-order chi connectivity index (χ0) is 7.84. The first kappa shape index (κ1) is 7.90. The molecule has 2 nitrogen and oxygen atoms in total. The highest BCUT2D eigenvalue weighted by molar-refractivity contribution is 7.98. The van der Waals surface area contributed by atoms with Crippen molar-refractivity contribution in [2.75, 3.05) is 25.3 Å². The van der Waals surface area contributed by atoms with E-state index in [1.807, 2.05) is 11.8 Å². The Balaban J connectivity index is 1.90. The lowest BCUT2D eigenvalue weighted by Gasteiger charge is -2.24. The Morgan fingerprint density at radius 1 is 1.64 bits per heavy atom. The van der Waals surface area contributed by atoms with Crippen LogP contribution in [0.5, 0.6) is 0 Å². The molecule has 1 saturated carbocycles. The molecule has 64 valence electrons. The molecular weight excluding hydrogens is 158 g/mol. The van der Waals surface area contributed by atoms with Crippen molar-refractivity contribution < 1.29 is 5.11 Å². The van der Waals surface area contributed by atoms with Crippen LogP contribution in [0.4, 0.5) is 0 Å². The molecule has 0 amide bonds. The van der Waals surface area contributed by atoms with Crippen molar-refractivity contribution in [2.24, 2.45) is 11.8 Å². The number of hydrogen-bond donors (Lipinski definition) is 1. The average molecular weight is 173 g/mol. The lowest BCUT2D eigenvalue weighted by atomic mass is 10.2. The van der Waals surface area contributed by atoms with Crippen molar-refractivity contribution in [3.63, 3.8) is 0 Å². The average Bonchev–Trinajstić information content (AvgIpc) is 2.65. The standard InChI is InChI=1S/C8H15NOS/c1-11-5-9-3-6-2-7(6)8(9)4-10/h6-8,10H,2-5H2,1H3/t6-,7-,8-/m1/s1. The first-order valence-corrected chi connectivity index (χ1v) is 5.60. The van der Waals surface area contributed by atoms with E-state index in [2.05, 4.69) is 11.2 Å². The topological polar surface area (TPSA) is 23.5 Å². The molecule has 2 rings (SSSR count). The maximum absolute atomic E-state index is 9.11. The number of fused-ring (bicyclic) bond motifs is 1. The summed E-state index contributed by atoms with van der Waals surface area (Å²) >= 11 is 1.86. The minimum absolute atomic E-state index is 0.363. The Kier molecular flexibility index (Phi) is 2.12. The summed E-state index contributed by atoms with van der Waals surface area (Å²) in [5.74, 6) is 2.87. The first-order chi connectivity index (χ1) is 5.36. The van der Waals surface area contributed by atoms with E-state index in [-0.39, 0.29) is 0 Å². The molecule has 0 aromatic rings. The van der Waals surface area contributed by atoms with Gasteiger partial charge < -0.3 is 5.11 Å². The molecule has 1 aliphatic heterocycles. The summed E-state index contributed by atoms with van der Waals surface area (Å²) in [7, 11) is 0. The van der Waals surface area contributed by atoms with Crippen molar-refractivity contribution >= 4 is 11.8 Å². The van der Waals surface area contributed by atoms with E-state index in [0.29, 0.717) is 12.6 Å². The van der Waals surface area contributed by atoms with Gasteiger partial charge in [-0.1, -0.05) is 0 Å². The number of thioether (sulfide) groups is 1. The van der Waals surface area contributed by atoms with Crippen LogP contribution < -0.4 is 0 Å². The van der Waals surface area contributed by atoms with Gasteiger partial charge in [-0.15, -0.1) is 11.8 Å². The van der Waals surface area contributed by atoms with Crippen LogP contribution in [0.15, 0.2) is 0 Å². The molecule has 1 saturated heterocycles. The monoisotopic (exact) mass is 173 g/mol. The minimum atomic E-state index is 0.363. The van der Waals surface area contributed by atoms with Gasteiger partial charge in [-0.05, 0) is 24.5 Å². The number of aliphatic hydroxyl groups is 1. The van der Waals surface area contributed by atoms with Crippen LogP contribution in [-0.2, 0) is 0 Å². The van der Waals surface area contributed by atoms with Crippen molar-refractivity contribution in [3.05, 3.63) is 0 Å². The van der Waals surface area contributed by atoms with Gasteiger partial charge >= 0.3 is 0 Å². The molecule has 1 N–H and O–H groups in total. The van der Waals surface area contributed by atoms with Gasteiger partial charge in [0, 0.05) is 18.5 Å². The number of hydrogen-bond acceptors (Lipinski definition) is 3. The summed E-state index contributed by atoms with van der Waals surface area (Å²) in [4.78, 5) is 2.42. The van der Waals surface area contributed by atoms with Gasteiger partial charge in [-0.25, -0.2) is 0 Å². The molecule has 0 radical (unpaired) electrons. The van der Waals surface area contributed by atoms with Gasteiger partial charge in [0.15, 0.2) is 0 Å². The van der Waals surface area contributed by atoms with Crippen LogP contribution in [0.1, 0.15) is 6.42 Å². The second-order valence-corrected chi connectivity index (χ2v) is 4.43. The Morgan fingerprint density at radius 2 is 2.45 bits per heavy atom. The highest BCUT2D eigenvalue weighted by Gasteiger charge is 2.51. The predicted molar refractivity (Wildman–Crippen MR) is 47.6 cm³/mol. The molecule has 1 aliphatic carbocycles. The van der Waals surface area contributed by atoms with Gasteiger partial charge in [0.05, 0.1) is 6.61 Å². The Morgan fingerprint density at radius 3 is 3.09 bits per heavy atom. The molecule has 0 aromatic heterocycles. The van der Waals surface area contributed by atoms with Crippen LogP contribution >= 0.6 is 11.8 Å². The summed E-state index contributed by atoms with van der Waals surface area (Å²) in [5.41, 5.74) is 0. The zero-order valence-electron chi connectivity index (χ0n) is 6.86. The van der Waals surface area contributed by atoms with Crippen molar-refractivity contribution in [3.8, 4) is 0 Å². The Labute approximate surface area is 72.0 Å². The lowest BCUT2D eigenvalue weighted by Crippen LogP contribution is -2.35. The Hall–Kier alpha value is 0.270. The van der Waals surface area contributed by atoms with E-state index in [4.69, 9.17) is 5.11 Å². The summed E-state index contributed by atoms with van der Waals surface area (Å²) in [6.45, 7) is 1.60. The fourth-order valence-corrected chi connectivity index (χ4v) is 2.85. The highest BCUT2D eigenvalue weighted by Crippen LogP contribution is 2.49. The van der Waals surface area contributed by atoms with Crippen LogP contribution in [0.3, 0.4) is 0 Å². The van der Waals surface area contributed by atoms with E-state index < -0.39 is 0 Å². The quantitative estimate of drug-likeness (QED) is 0.677. The van der Waals surface area contributed by atoms with Crippen molar-refractivity contribution in [2.45, 2.75) is 12.5 Å². The maximum atomic E-state index is 9.11. The third-order valence-corrected chi connectivity index (χ3v) is 3.48. The lowest BCUT2D eigenvalue weighted by molar-refractivity contribution is 0.155. The number of piperidine rings is 1. The SMILES string of the molecule is CSCN1C[C@H]2C[C@H]2[C@H]1CO. The molecule has 0 unspecified atom stereocenters. The van der Waals surface area contributed by atoms with Crippen LogP contribution in [0, 0.1) is 11.8 Å². The smallest absolute Gasteiger partial charge is 0.0589 e. The summed E-state index contributed by atoms with van der Waals surface area (Å²) in [6.07, 6.45) is 3.49. The molecule has 2 aliphatic rings. The fourth-order valence-electron chi connectivity index (χ4n) is 2.22. The van der Waals surface area contributed by atoms with Gasteiger partial charge in [-0.2, -0.15) is 0 Å². The summed E-state index contributed by atoms with van der Waals surface area (Å²) < 4.78 is 0. The van der Waals surface area contributed by atoms with E-state index in [0.717, 1.165) is 17.7 Å². The number of rotatable bonds is 3. The van der Waals surface area contributed by atoms with Gasteiger partial charge in [0.2, 0.25) is 0 Å².